The fourth-order valence-corrected chi connectivity index (χ4v) is 6.60. The van der Waals surface area contributed by atoms with E-state index in [-0.39, 0.29) is 17.5 Å². The Balaban J connectivity index is 1.60. The Kier molecular flexibility index (Phi) is 6.40. The van der Waals surface area contributed by atoms with E-state index in [4.69, 9.17) is 17.2 Å². The Morgan fingerprint density at radius 1 is 1.09 bits per heavy atom. The zero-order valence-corrected chi connectivity index (χ0v) is 20.6. The predicted molar refractivity (Wildman–Crippen MR) is 139 cm³/mol. The largest absolute Gasteiger partial charge is 0.290 e. The number of benzene rings is 1. The van der Waals surface area contributed by atoms with Crippen molar-refractivity contribution >= 4 is 57.7 Å². The molecular weight excluding hydrogens is 470 g/mol. The number of pyridine rings is 1. The van der Waals surface area contributed by atoms with Gasteiger partial charge in [0, 0.05) is 17.1 Å². The SMILES string of the molecule is Cc1ccc2nc(Sc3ccccc3)c(/C=C3/SC(=S)N(C4CCCCC4)C3=O)c(=O)n2c1. The second-order valence-corrected chi connectivity index (χ2v) is 11.1. The minimum atomic E-state index is -0.190. The molecule has 0 spiro atoms. The van der Waals surface area contributed by atoms with Crippen LogP contribution in [0.2, 0.25) is 0 Å². The number of rotatable bonds is 4. The molecule has 33 heavy (non-hydrogen) atoms. The second-order valence-electron chi connectivity index (χ2n) is 8.33. The van der Waals surface area contributed by atoms with Crippen LogP contribution in [-0.4, -0.2) is 30.6 Å². The number of aryl methyl sites for hydroxylation is 1. The van der Waals surface area contributed by atoms with Gasteiger partial charge in [0.1, 0.15) is 15.0 Å². The predicted octanol–water partition coefficient (Wildman–Crippen LogP) is 5.69. The van der Waals surface area contributed by atoms with Gasteiger partial charge in [-0.05, 0) is 49.6 Å². The molecule has 1 aliphatic carbocycles. The lowest BCUT2D eigenvalue weighted by Crippen LogP contribution is -2.39. The van der Waals surface area contributed by atoms with E-state index in [0.29, 0.717) is 25.5 Å². The summed E-state index contributed by atoms with van der Waals surface area (Å²) < 4.78 is 2.14. The van der Waals surface area contributed by atoms with E-state index in [1.807, 2.05) is 49.4 Å². The number of aromatic nitrogens is 2. The summed E-state index contributed by atoms with van der Waals surface area (Å²) >= 11 is 8.29. The summed E-state index contributed by atoms with van der Waals surface area (Å²) in [6, 6.07) is 13.8. The van der Waals surface area contributed by atoms with Crippen LogP contribution in [0.15, 0.2) is 68.3 Å². The molecule has 3 heterocycles. The molecule has 0 bridgehead atoms. The van der Waals surface area contributed by atoms with Crippen molar-refractivity contribution in [3.63, 3.8) is 0 Å². The molecule has 5 nitrogen and oxygen atoms in total. The summed E-state index contributed by atoms with van der Waals surface area (Å²) in [7, 11) is 0. The van der Waals surface area contributed by atoms with Crippen molar-refractivity contribution in [2.75, 3.05) is 0 Å². The molecule has 1 aliphatic heterocycles. The third kappa shape index (κ3) is 4.52. The number of thiocarbonyl (C=S) groups is 1. The molecule has 3 aromatic rings. The van der Waals surface area contributed by atoms with Gasteiger partial charge in [-0.1, -0.05) is 79.3 Å². The van der Waals surface area contributed by atoms with Gasteiger partial charge in [0.25, 0.3) is 11.5 Å². The molecule has 1 saturated heterocycles. The van der Waals surface area contributed by atoms with Crippen molar-refractivity contribution in [3.8, 4) is 0 Å². The van der Waals surface area contributed by atoms with Crippen LogP contribution in [0.1, 0.15) is 43.2 Å². The van der Waals surface area contributed by atoms with E-state index >= 15 is 0 Å². The van der Waals surface area contributed by atoms with E-state index in [1.54, 1.807) is 21.6 Å². The zero-order valence-electron chi connectivity index (χ0n) is 18.2. The van der Waals surface area contributed by atoms with E-state index in [9.17, 15) is 9.59 Å². The van der Waals surface area contributed by atoms with E-state index in [0.717, 1.165) is 36.1 Å². The first-order chi connectivity index (χ1) is 16.0. The van der Waals surface area contributed by atoms with E-state index in [1.165, 1.54) is 29.9 Å². The Hall–Kier alpha value is -2.42. The molecule has 1 aromatic carbocycles. The lowest BCUT2D eigenvalue weighted by atomic mass is 9.94. The third-order valence-electron chi connectivity index (χ3n) is 5.97. The highest BCUT2D eigenvalue weighted by atomic mass is 32.2. The van der Waals surface area contributed by atoms with E-state index in [2.05, 4.69) is 0 Å². The Morgan fingerprint density at radius 3 is 2.61 bits per heavy atom. The number of fused-ring (bicyclic) bond motifs is 1. The lowest BCUT2D eigenvalue weighted by Gasteiger charge is -2.29. The molecule has 2 aliphatic rings. The highest BCUT2D eigenvalue weighted by molar-refractivity contribution is 8.26. The van der Waals surface area contributed by atoms with Gasteiger partial charge in [0.2, 0.25) is 0 Å². The molecule has 2 aromatic heterocycles. The standard InChI is InChI=1S/C25H23N3O2S3/c1-16-12-13-21-26-22(32-18-10-6-3-7-11-18)19(23(29)27(21)15-16)14-20-24(30)28(25(31)33-20)17-8-4-2-5-9-17/h3,6-7,10-15,17H,2,4-5,8-9H2,1H3/b20-14+. The molecule has 2 fully saturated rings. The number of amides is 1. The minimum absolute atomic E-state index is 0.0960. The number of hydrogen-bond donors (Lipinski definition) is 0. The summed E-state index contributed by atoms with van der Waals surface area (Å²) in [6.07, 6.45) is 8.88. The van der Waals surface area contributed by atoms with Crippen molar-refractivity contribution in [2.45, 2.75) is 55.0 Å². The van der Waals surface area contributed by atoms with Crippen molar-refractivity contribution in [2.24, 2.45) is 0 Å². The van der Waals surface area contributed by atoms with Gasteiger partial charge in [0.05, 0.1) is 10.5 Å². The molecule has 5 rings (SSSR count). The van der Waals surface area contributed by atoms with Crippen molar-refractivity contribution < 1.29 is 4.79 Å². The summed E-state index contributed by atoms with van der Waals surface area (Å²) in [5, 5.41) is 0.581. The maximum absolute atomic E-state index is 13.5. The number of hydrogen-bond acceptors (Lipinski definition) is 6. The summed E-state index contributed by atoms with van der Waals surface area (Å²) in [4.78, 5) is 34.9. The smallest absolute Gasteiger partial charge is 0.266 e. The molecule has 1 saturated carbocycles. The summed E-state index contributed by atoms with van der Waals surface area (Å²) in [5.41, 5.74) is 1.77. The van der Waals surface area contributed by atoms with Crippen LogP contribution >= 0.6 is 35.7 Å². The summed E-state index contributed by atoms with van der Waals surface area (Å²) in [5.74, 6) is -0.0960. The molecule has 0 unspecified atom stereocenters. The van der Waals surface area contributed by atoms with Gasteiger partial charge in [-0.15, -0.1) is 0 Å². The highest BCUT2D eigenvalue weighted by Crippen LogP contribution is 2.38. The van der Waals surface area contributed by atoms with Gasteiger partial charge in [-0.25, -0.2) is 4.98 Å². The van der Waals surface area contributed by atoms with Gasteiger partial charge >= 0.3 is 0 Å². The van der Waals surface area contributed by atoms with Crippen LogP contribution in [0.25, 0.3) is 11.7 Å². The monoisotopic (exact) mass is 493 g/mol. The van der Waals surface area contributed by atoms with Crippen LogP contribution in [0, 0.1) is 6.92 Å². The number of thioether (sulfide) groups is 1. The van der Waals surface area contributed by atoms with Gasteiger partial charge in [-0.2, -0.15) is 0 Å². The minimum Gasteiger partial charge on any atom is -0.290 e. The molecule has 0 atom stereocenters. The molecule has 0 N–H and O–H groups in total. The van der Waals surface area contributed by atoms with Crippen LogP contribution in [0.5, 0.6) is 0 Å². The molecule has 8 heteroatoms. The normalized spacial score (nSPS) is 18.6. The van der Waals surface area contributed by atoms with Gasteiger partial charge in [0.15, 0.2) is 0 Å². The van der Waals surface area contributed by atoms with Crippen LogP contribution < -0.4 is 5.56 Å². The molecule has 0 radical (unpaired) electrons. The molecule has 1 amide bonds. The first-order valence-electron chi connectivity index (χ1n) is 11.0. The van der Waals surface area contributed by atoms with Crippen LogP contribution in [0.3, 0.4) is 0 Å². The van der Waals surface area contributed by atoms with Crippen LogP contribution in [0.4, 0.5) is 0 Å². The van der Waals surface area contributed by atoms with Crippen LogP contribution in [-0.2, 0) is 4.79 Å². The quantitative estimate of drug-likeness (QED) is 0.264. The fraction of sp³-hybridized carbons (Fsp3) is 0.280. The Labute approximate surface area is 206 Å². The first kappa shape index (κ1) is 22.4. The number of carbonyl (C=O) groups is 1. The van der Waals surface area contributed by atoms with Crippen molar-refractivity contribution in [1.82, 2.24) is 14.3 Å². The van der Waals surface area contributed by atoms with E-state index < -0.39 is 0 Å². The molecule has 168 valence electrons. The second kappa shape index (κ2) is 9.44. The maximum Gasteiger partial charge on any atom is 0.266 e. The maximum atomic E-state index is 13.5. The first-order valence-corrected chi connectivity index (χ1v) is 13.1. The topological polar surface area (TPSA) is 54.7 Å². The Bertz CT molecular complexity index is 1330. The van der Waals surface area contributed by atoms with Gasteiger partial charge < -0.3 is 0 Å². The lowest BCUT2D eigenvalue weighted by molar-refractivity contribution is -0.124. The number of nitrogens with zero attached hydrogens (tertiary/aromatic N) is 3. The van der Waals surface area contributed by atoms with Crippen molar-refractivity contribution in [3.05, 3.63) is 75.0 Å². The Morgan fingerprint density at radius 2 is 1.85 bits per heavy atom. The van der Waals surface area contributed by atoms with Crippen molar-refractivity contribution in [1.29, 1.82) is 0 Å². The summed E-state index contributed by atoms with van der Waals surface area (Å²) in [6.45, 7) is 1.94. The average molecular weight is 494 g/mol. The third-order valence-corrected chi connectivity index (χ3v) is 8.31. The fourth-order valence-electron chi connectivity index (χ4n) is 4.30. The van der Waals surface area contributed by atoms with Gasteiger partial charge in [-0.3, -0.25) is 18.9 Å². The molecular formula is C25H23N3O2S3. The highest BCUT2D eigenvalue weighted by Gasteiger charge is 2.37. The average Bonchev–Trinajstić information content (AvgIpc) is 3.11. The zero-order chi connectivity index (χ0) is 22.9. The number of carbonyl (C=O) groups excluding carboxylic acids is 1.